The quantitative estimate of drug-likeness (QED) is 0.882. The first-order valence-electron chi connectivity index (χ1n) is 6.44. The van der Waals surface area contributed by atoms with Crippen LogP contribution in [-0.2, 0) is 11.3 Å². The van der Waals surface area contributed by atoms with Gasteiger partial charge in [-0.05, 0) is 25.1 Å². The number of hydrogen-bond acceptors (Lipinski definition) is 4. The molecule has 1 aromatic carbocycles. The number of carbonyl (C=O) groups is 1. The van der Waals surface area contributed by atoms with Crippen LogP contribution in [0.3, 0.4) is 0 Å². The third-order valence-electron chi connectivity index (χ3n) is 3.27. The predicted molar refractivity (Wildman–Crippen MR) is 72.4 cm³/mol. The molecule has 104 valence electrons. The van der Waals surface area contributed by atoms with Crippen LogP contribution < -0.4 is 14.8 Å². The Bertz CT molecular complexity index is 448. The van der Waals surface area contributed by atoms with Crippen molar-refractivity contribution in [2.24, 2.45) is 0 Å². The maximum atomic E-state index is 11.9. The Morgan fingerprint density at radius 1 is 1.32 bits per heavy atom. The first-order chi connectivity index (χ1) is 9.24. The Labute approximate surface area is 113 Å². The minimum Gasteiger partial charge on any atom is -0.497 e. The zero-order chi connectivity index (χ0) is 13.7. The number of hydrogen-bond donors (Lipinski definition) is 1. The normalized spacial score (nSPS) is 16.1. The molecule has 1 amide bonds. The number of benzene rings is 1. The van der Waals surface area contributed by atoms with Gasteiger partial charge in [-0.15, -0.1) is 0 Å². The SMILES string of the molecule is COc1ccc(CN2CCCNCC2=O)c(OC)c1. The van der Waals surface area contributed by atoms with Gasteiger partial charge in [-0.1, -0.05) is 0 Å². The molecular weight excluding hydrogens is 244 g/mol. The number of amides is 1. The van der Waals surface area contributed by atoms with Crippen molar-refractivity contribution in [3.8, 4) is 11.5 Å². The summed E-state index contributed by atoms with van der Waals surface area (Å²) in [5, 5.41) is 3.12. The molecule has 19 heavy (non-hydrogen) atoms. The highest BCUT2D eigenvalue weighted by Crippen LogP contribution is 2.25. The first kappa shape index (κ1) is 13.7. The summed E-state index contributed by atoms with van der Waals surface area (Å²) >= 11 is 0. The fourth-order valence-electron chi connectivity index (χ4n) is 2.18. The molecule has 0 saturated carbocycles. The van der Waals surface area contributed by atoms with E-state index in [-0.39, 0.29) is 5.91 Å². The third-order valence-corrected chi connectivity index (χ3v) is 3.27. The molecule has 0 spiro atoms. The van der Waals surface area contributed by atoms with Gasteiger partial charge in [-0.25, -0.2) is 0 Å². The standard InChI is InChI=1S/C14H20N2O3/c1-18-12-5-4-11(13(8-12)19-2)10-16-7-3-6-15-9-14(16)17/h4-5,8,15H,3,6-7,9-10H2,1-2H3. The Kier molecular flexibility index (Phi) is 4.63. The number of ether oxygens (including phenoxy) is 2. The molecule has 0 aromatic heterocycles. The van der Waals surface area contributed by atoms with E-state index < -0.39 is 0 Å². The smallest absolute Gasteiger partial charge is 0.236 e. The monoisotopic (exact) mass is 264 g/mol. The average molecular weight is 264 g/mol. The predicted octanol–water partition coefficient (Wildman–Crippen LogP) is 1.03. The van der Waals surface area contributed by atoms with Crippen LogP contribution in [0.2, 0.25) is 0 Å². The van der Waals surface area contributed by atoms with E-state index in [0.29, 0.717) is 13.1 Å². The minimum atomic E-state index is 0.135. The number of rotatable bonds is 4. The molecule has 0 unspecified atom stereocenters. The van der Waals surface area contributed by atoms with Gasteiger partial charge in [0.05, 0.1) is 20.8 Å². The number of methoxy groups -OCH3 is 2. The van der Waals surface area contributed by atoms with E-state index in [4.69, 9.17) is 9.47 Å². The summed E-state index contributed by atoms with van der Waals surface area (Å²) in [5.74, 6) is 1.64. The molecule has 1 aliphatic heterocycles. The van der Waals surface area contributed by atoms with Gasteiger partial charge in [0.25, 0.3) is 0 Å². The van der Waals surface area contributed by atoms with E-state index in [9.17, 15) is 4.79 Å². The van der Waals surface area contributed by atoms with Gasteiger partial charge >= 0.3 is 0 Å². The highest BCUT2D eigenvalue weighted by molar-refractivity contribution is 5.78. The van der Waals surface area contributed by atoms with Crippen LogP contribution in [0.4, 0.5) is 0 Å². The molecule has 1 aliphatic rings. The first-order valence-corrected chi connectivity index (χ1v) is 6.44. The second-order valence-corrected chi connectivity index (χ2v) is 4.52. The molecule has 2 rings (SSSR count). The zero-order valence-electron chi connectivity index (χ0n) is 11.4. The topological polar surface area (TPSA) is 50.8 Å². The van der Waals surface area contributed by atoms with E-state index >= 15 is 0 Å². The van der Waals surface area contributed by atoms with Crippen LogP contribution >= 0.6 is 0 Å². The maximum absolute atomic E-state index is 11.9. The van der Waals surface area contributed by atoms with E-state index in [2.05, 4.69) is 5.32 Å². The Hall–Kier alpha value is -1.75. The van der Waals surface area contributed by atoms with E-state index in [1.165, 1.54) is 0 Å². The number of nitrogens with zero attached hydrogens (tertiary/aromatic N) is 1. The van der Waals surface area contributed by atoms with Crippen molar-refractivity contribution >= 4 is 5.91 Å². The van der Waals surface area contributed by atoms with Crippen LogP contribution in [0.5, 0.6) is 11.5 Å². The van der Waals surface area contributed by atoms with Gasteiger partial charge < -0.3 is 19.7 Å². The van der Waals surface area contributed by atoms with Crippen LogP contribution in [-0.4, -0.2) is 44.7 Å². The molecule has 1 heterocycles. The molecule has 0 aliphatic carbocycles. The van der Waals surface area contributed by atoms with Crippen LogP contribution in [0.15, 0.2) is 18.2 Å². The molecule has 0 bridgehead atoms. The summed E-state index contributed by atoms with van der Waals surface area (Å²) in [7, 11) is 3.25. The van der Waals surface area contributed by atoms with Crippen LogP contribution in [0.25, 0.3) is 0 Å². The summed E-state index contributed by atoms with van der Waals surface area (Å²) in [6.07, 6.45) is 0.976. The number of nitrogens with one attached hydrogen (secondary N) is 1. The number of carbonyl (C=O) groups excluding carboxylic acids is 1. The second-order valence-electron chi connectivity index (χ2n) is 4.52. The molecule has 1 saturated heterocycles. The summed E-state index contributed by atoms with van der Waals surface area (Å²) < 4.78 is 10.5. The van der Waals surface area contributed by atoms with Gasteiger partial charge in [-0.3, -0.25) is 4.79 Å². The molecular formula is C14H20N2O3. The van der Waals surface area contributed by atoms with Gasteiger partial charge in [0.1, 0.15) is 11.5 Å². The molecule has 1 aromatic rings. The third kappa shape index (κ3) is 3.38. The summed E-state index contributed by atoms with van der Waals surface area (Å²) in [6.45, 7) is 2.66. The largest absolute Gasteiger partial charge is 0.497 e. The lowest BCUT2D eigenvalue weighted by Gasteiger charge is -2.21. The van der Waals surface area contributed by atoms with Crippen LogP contribution in [0, 0.1) is 0 Å². The zero-order valence-corrected chi connectivity index (χ0v) is 11.4. The Balaban J connectivity index is 2.15. The van der Waals surface area contributed by atoms with Crippen LogP contribution in [0.1, 0.15) is 12.0 Å². The van der Waals surface area contributed by atoms with Crippen molar-refractivity contribution in [1.29, 1.82) is 0 Å². The molecule has 5 heteroatoms. The lowest BCUT2D eigenvalue weighted by atomic mass is 10.1. The van der Waals surface area contributed by atoms with Crippen molar-refractivity contribution in [1.82, 2.24) is 10.2 Å². The summed E-state index contributed by atoms with van der Waals surface area (Å²) in [6, 6.07) is 5.68. The van der Waals surface area contributed by atoms with E-state index in [1.54, 1.807) is 14.2 Å². The Morgan fingerprint density at radius 3 is 2.89 bits per heavy atom. The lowest BCUT2D eigenvalue weighted by molar-refractivity contribution is -0.130. The van der Waals surface area contributed by atoms with Gasteiger partial charge in [-0.2, -0.15) is 0 Å². The highest BCUT2D eigenvalue weighted by atomic mass is 16.5. The van der Waals surface area contributed by atoms with Gasteiger partial charge in [0.2, 0.25) is 5.91 Å². The van der Waals surface area contributed by atoms with Crippen molar-refractivity contribution in [2.75, 3.05) is 33.9 Å². The van der Waals surface area contributed by atoms with Gasteiger partial charge in [0.15, 0.2) is 0 Å². The fraction of sp³-hybridized carbons (Fsp3) is 0.500. The van der Waals surface area contributed by atoms with E-state index in [0.717, 1.165) is 36.6 Å². The van der Waals surface area contributed by atoms with Gasteiger partial charge in [0, 0.05) is 24.7 Å². The highest BCUT2D eigenvalue weighted by Gasteiger charge is 2.18. The average Bonchev–Trinajstić information content (AvgIpc) is 2.64. The lowest BCUT2D eigenvalue weighted by Crippen LogP contribution is -2.34. The van der Waals surface area contributed by atoms with Crippen molar-refractivity contribution < 1.29 is 14.3 Å². The minimum absolute atomic E-state index is 0.135. The summed E-state index contributed by atoms with van der Waals surface area (Å²) in [4.78, 5) is 13.8. The Morgan fingerprint density at radius 2 is 2.16 bits per heavy atom. The van der Waals surface area contributed by atoms with Crippen molar-refractivity contribution in [2.45, 2.75) is 13.0 Å². The molecule has 1 N–H and O–H groups in total. The van der Waals surface area contributed by atoms with E-state index in [1.807, 2.05) is 23.1 Å². The molecule has 5 nitrogen and oxygen atoms in total. The second kappa shape index (κ2) is 6.43. The van der Waals surface area contributed by atoms with Crippen molar-refractivity contribution in [3.63, 3.8) is 0 Å². The fourth-order valence-corrected chi connectivity index (χ4v) is 2.18. The molecule has 0 radical (unpaired) electrons. The maximum Gasteiger partial charge on any atom is 0.236 e. The molecule has 0 atom stereocenters. The molecule has 1 fully saturated rings. The van der Waals surface area contributed by atoms with Crippen molar-refractivity contribution in [3.05, 3.63) is 23.8 Å². The summed E-state index contributed by atoms with van der Waals surface area (Å²) in [5.41, 5.74) is 0.999.